The van der Waals surface area contributed by atoms with Gasteiger partial charge in [-0.05, 0) is 43.6 Å². The second kappa shape index (κ2) is 4.71. The van der Waals surface area contributed by atoms with Gasteiger partial charge < -0.3 is 15.1 Å². The van der Waals surface area contributed by atoms with Crippen LogP contribution in [0.1, 0.15) is 36.2 Å². The zero-order valence-corrected chi connectivity index (χ0v) is 13.4. The molecule has 2 aromatic rings. The predicted octanol–water partition coefficient (Wildman–Crippen LogP) is 2.74. The average molecular weight is 332 g/mol. The molecule has 2 aromatic heterocycles. The average Bonchev–Trinajstić information content (AvgIpc) is 3.28. The van der Waals surface area contributed by atoms with E-state index in [-0.39, 0.29) is 17.5 Å². The number of furan rings is 1. The van der Waals surface area contributed by atoms with E-state index in [1.807, 2.05) is 0 Å². The van der Waals surface area contributed by atoms with E-state index in [0.29, 0.717) is 28.1 Å². The Bertz CT molecular complexity index is 790. The highest BCUT2D eigenvalue weighted by Gasteiger charge is 2.61. The van der Waals surface area contributed by atoms with Crippen molar-refractivity contribution < 1.29 is 9.21 Å². The molecule has 3 aliphatic carbocycles. The summed E-state index contributed by atoms with van der Waals surface area (Å²) in [5, 5.41) is 8.05. The van der Waals surface area contributed by atoms with Crippen molar-refractivity contribution in [2.24, 2.45) is 11.8 Å². The van der Waals surface area contributed by atoms with Crippen LogP contribution in [0.25, 0.3) is 11.0 Å². The van der Waals surface area contributed by atoms with Crippen molar-refractivity contribution in [3.8, 4) is 0 Å². The highest BCUT2D eigenvalue weighted by atomic mass is 35.5. The van der Waals surface area contributed by atoms with E-state index in [4.69, 9.17) is 16.0 Å². The molecule has 6 rings (SSSR count). The normalized spacial score (nSPS) is 34.9. The lowest BCUT2D eigenvalue weighted by atomic mass is 9.61. The van der Waals surface area contributed by atoms with E-state index < -0.39 is 0 Å². The highest BCUT2D eigenvalue weighted by molar-refractivity contribution is 6.35. The van der Waals surface area contributed by atoms with Gasteiger partial charge in [0.1, 0.15) is 12.0 Å². The number of rotatable bonds is 2. The molecule has 5 nitrogen and oxygen atoms in total. The molecular formula is C17H18ClN3O2. The molecule has 3 heterocycles. The topological polar surface area (TPSA) is 77.1 Å². The number of fused-ring (bicyclic) bond motifs is 3. The molecule has 2 atom stereocenters. The first-order chi connectivity index (χ1) is 11.2. The lowest BCUT2D eigenvalue weighted by Gasteiger charge is -2.48. The Hall–Kier alpha value is -1.59. The van der Waals surface area contributed by atoms with Crippen molar-refractivity contribution in [3.05, 3.63) is 29.2 Å². The third-order valence-electron chi connectivity index (χ3n) is 6.05. The number of halogens is 1. The fourth-order valence-corrected chi connectivity index (χ4v) is 4.93. The molecule has 23 heavy (non-hydrogen) atoms. The molecular weight excluding hydrogens is 314 g/mol. The maximum absolute atomic E-state index is 12.7. The molecule has 1 saturated heterocycles. The van der Waals surface area contributed by atoms with Crippen molar-refractivity contribution in [1.82, 2.24) is 15.6 Å². The fraction of sp³-hybridized carbons (Fsp3) is 0.529. The van der Waals surface area contributed by atoms with Crippen LogP contribution >= 0.6 is 11.6 Å². The van der Waals surface area contributed by atoms with Gasteiger partial charge in [-0.15, -0.1) is 0 Å². The number of carbonyl (C=O) groups excluding carboxylic acids is 1. The summed E-state index contributed by atoms with van der Waals surface area (Å²) in [6.07, 6.45) is 8.06. The maximum Gasteiger partial charge on any atom is 0.270 e. The predicted molar refractivity (Wildman–Crippen MR) is 86.5 cm³/mol. The van der Waals surface area contributed by atoms with Crippen LogP contribution in [0.4, 0.5) is 0 Å². The van der Waals surface area contributed by atoms with Gasteiger partial charge in [0.15, 0.2) is 5.58 Å². The van der Waals surface area contributed by atoms with Crippen LogP contribution in [0.5, 0.6) is 0 Å². The second-order valence-electron chi connectivity index (χ2n) is 7.11. The number of aromatic nitrogens is 1. The molecule has 120 valence electrons. The van der Waals surface area contributed by atoms with E-state index in [2.05, 4.69) is 15.6 Å². The summed E-state index contributed by atoms with van der Waals surface area (Å²) in [5.74, 6) is 1.17. The van der Waals surface area contributed by atoms with Gasteiger partial charge in [-0.3, -0.25) is 4.79 Å². The molecule has 2 N–H and O–H groups in total. The Morgan fingerprint density at radius 3 is 2.91 bits per heavy atom. The molecule has 1 spiro atoms. The monoisotopic (exact) mass is 331 g/mol. The standard InChI is InChI=1S/C17H18ClN3O2/c18-12-7-23-14-6-19-13(5-11(12)14)16(22)21-15-9-1-3-10(4-2-9)17(15)8-20-17/h5-7,9-10,15,20H,1-4,8H2,(H,21,22)/t9?,10?,15?,17-/m0/s1. The van der Waals surface area contributed by atoms with Crippen molar-refractivity contribution in [2.75, 3.05) is 6.54 Å². The van der Waals surface area contributed by atoms with E-state index in [1.165, 1.54) is 31.9 Å². The fourth-order valence-electron chi connectivity index (χ4n) is 4.74. The summed E-state index contributed by atoms with van der Waals surface area (Å²) in [7, 11) is 0. The summed E-state index contributed by atoms with van der Waals surface area (Å²) >= 11 is 6.08. The van der Waals surface area contributed by atoms with Gasteiger partial charge in [-0.1, -0.05) is 11.6 Å². The SMILES string of the molecule is O=C(NC1C2CCC(CC2)[C@@]12CN2)c1cc2c(Cl)coc2cn1. The molecule has 1 amide bonds. The lowest BCUT2D eigenvalue weighted by molar-refractivity contribution is 0.0631. The number of nitrogens with zero attached hydrogens (tertiary/aromatic N) is 1. The van der Waals surface area contributed by atoms with Gasteiger partial charge in [-0.2, -0.15) is 0 Å². The molecule has 3 saturated carbocycles. The van der Waals surface area contributed by atoms with Gasteiger partial charge >= 0.3 is 0 Å². The first kappa shape index (κ1) is 13.8. The molecule has 0 aromatic carbocycles. The molecule has 6 heteroatoms. The quantitative estimate of drug-likeness (QED) is 0.829. The van der Waals surface area contributed by atoms with Crippen LogP contribution in [0.15, 0.2) is 22.9 Å². The summed E-state index contributed by atoms with van der Waals surface area (Å²) in [5.41, 5.74) is 1.15. The number of carbonyl (C=O) groups is 1. The van der Waals surface area contributed by atoms with Gasteiger partial charge in [-0.25, -0.2) is 4.98 Å². The van der Waals surface area contributed by atoms with Crippen LogP contribution in [0.3, 0.4) is 0 Å². The summed E-state index contributed by atoms with van der Waals surface area (Å²) in [6, 6.07) is 1.93. The Morgan fingerprint density at radius 2 is 2.17 bits per heavy atom. The van der Waals surface area contributed by atoms with Crippen LogP contribution in [-0.2, 0) is 0 Å². The summed E-state index contributed by atoms with van der Waals surface area (Å²) < 4.78 is 5.28. The van der Waals surface area contributed by atoms with Crippen molar-refractivity contribution in [3.63, 3.8) is 0 Å². The van der Waals surface area contributed by atoms with Gasteiger partial charge in [0.25, 0.3) is 5.91 Å². The number of pyridine rings is 1. The third kappa shape index (κ3) is 1.96. The van der Waals surface area contributed by atoms with Crippen molar-refractivity contribution in [1.29, 1.82) is 0 Å². The molecule has 1 unspecified atom stereocenters. The highest BCUT2D eigenvalue weighted by Crippen LogP contribution is 2.51. The Balaban J connectivity index is 1.43. The molecule has 4 aliphatic rings. The van der Waals surface area contributed by atoms with E-state index in [1.54, 1.807) is 12.3 Å². The summed E-state index contributed by atoms with van der Waals surface area (Å²) in [6.45, 7) is 1.03. The van der Waals surface area contributed by atoms with Gasteiger partial charge in [0, 0.05) is 11.9 Å². The zero-order valence-electron chi connectivity index (χ0n) is 12.6. The lowest BCUT2D eigenvalue weighted by Crippen LogP contribution is -2.60. The minimum Gasteiger partial charge on any atom is -0.461 e. The molecule has 2 bridgehead atoms. The van der Waals surface area contributed by atoms with Crippen LogP contribution in [0.2, 0.25) is 5.02 Å². The van der Waals surface area contributed by atoms with Crippen molar-refractivity contribution >= 4 is 28.5 Å². The third-order valence-corrected chi connectivity index (χ3v) is 6.34. The smallest absolute Gasteiger partial charge is 0.270 e. The van der Waals surface area contributed by atoms with Gasteiger partial charge in [0.2, 0.25) is 0 Å². The largest absolute Gasteiger partial charge is 0.461 e. The van der Waals surface area contributed by atoms with Crippen molar-refractivity contribution in [2.45, 2.75) is 37.3 Å². The Labute approximate surface area is 138 Å². The number of amides is 1. The minimum absolute atomic E-state index is 0.116. The summed E-state index contributed by atoms with van der Waals surface area (Å²) in [4.78, 5) is 16.9. The van der Waals surface area contributed by atoms with E-state index in [0.717, 1.165) is 11.9 Å². The first-order valence-corrected chi connectivity index (χ1v) is 8.64. The number of hydrogen-bond acceptors (Lipinski definition) is 4. The number of nitrogens with one attached hydrogen (secondary N) is 2. The van der Waals surface area contributed by atoms with Crippen LogP contribution in [0, 0.1) is 11.8 Å². The van der Waals surface area contributed by atoms with Gasteiger partial charge in [0.05, 0.1) is 22.8 Å². The first-order valence-electron chi connectivity index (χ1n) is 8.26. The second-order valence-corrected chi connectivity index (χ2v) is 7.51. The van der Waals surface area contributed by atoms with Crippen LogP contribution < -0.4 is 10.6 Å². The minimum atomic E-state index is -0.116. The van der Waals surface area contributed by atoms with Crippen LogP contribution in [-0.4, -0.2) is 29.0 Å². The van der Waals surface area contributed by atoms with E-state index in [9.17, 15) is 4.79 Å². The van der Waals surface area contributed by atoms with E-state index >= 15 is 0 Å². The maximum atomic E-state index is 12.7. The molecule has 4 fully saturated rings. The molecule has 1 aliphatic heterocycles. The number of hydrogen-bond donors (Lipinski definition) is 2. The molecule has 0 radical (unpaired) electrons. The Kier molecular flexibility index (Phi) is 2.83. The zero-order chi connectivity index (χ0) is 15.6. The Morgan fingerprint density at radius 1 is 1.39 bits per heavy atom.